The fraction of sp³-hybridized carbons (Fsp3) is 0.375. The molecule has 2 N–H and O–H groups in total. The van der Waals surface area contributed by atoms with E-state index in [0.29, 0.717) is 23.9 Å². The number of hydrogen-bond acceptors (Lipinski definition) is 4. The van der Waals surface area contributed by atoms with Crippen LogP contribution in [0.2, 0.25) is 0 Å². The summed E-state index contributed by atoms with van der Waals surface area (Å²) in [5.74, 6) is -1.00. The lowest BCUT2D eigenvalue weighted by Gasteiger charge is -2.08. The lowest BCUT2D eigenvalue weighted by Crippen LogP contribution is -2.27. The first-order valence-corrected chi connectivity index (χ1v) is 5.17. The largest absolute Gasteiger partial charge is 0.477 e. The molecule has 1 aromatic rings. The van der Waals surface area contributed by atoms with Crippen LogP contribution in [0, 0.1) is 6.92 Å². The van der Waals surface area contributed by atoms with E-state index in [2.05, 4.69) is 10.3 Å². The van der Waals surface area contributed by atoms with E-state index in [4.69, 9.17) is 5.11 Å². The minimum Gasteiger partial charge on any atom is -0.477 e. The van der Waals surface area contributed by atoms with Gasteiger partial charge in [-0.1, -0.05) is 11.3 Å². The van der Waals surface area contributed by atoms with Crippen LogP contribution in [0.25, 0.3) is 0 Å². The standard InChI is InChI=1S/C8H9N3O3S/c1-4-5(6(12)13)15-8(10-4)11-3-2-9-7(11)14/h2-3H2,1H3,(H,9,14)(H,12,13). The molecule has 0 radical (unpaired) electrons. The van der Waals surface area contributed by atoms with Crippen molar-refractivity contribution in [1.82, 2.24) is 10.3 Å². The van der Waals surface area contributed by atoms with Crippen molar-refractivity contribution in [2.75, 3.05) is 18.0 Å². The molecule has 1 aliphatic heterocycles. The number of aryl methyl sites for hydroxylation is 1. The van der Waals surface area contributed by atoms with E-state index >= 15 is 0 Å². The third-order valence-electron chi connectivity index (χ3n) is 2.07. The Balaban J connectivity index is 2.33. The Kier molecular flexibility index (Phi) is 2.31. The molecule has 1 aliphatic rings. The van der Waals surface area contributed by atoms with Crippen molar-refractivity contribution in [1.29, 1.82) is 0 Å². The van der Waals surface area contributed by atoms with Crippen LogP contribution in [0.3, 0.4) is 0 Å². The minimum absolute atomic E-state index is 0.185. The van der Waals surface area contributed by atoms with Gasteiger partial charge in [0.1, 0.15) is 4.88 Å². The second-order valence-electron chi connectivity index (χ2n) is 3.10. The number of aromatic carboxylic acids is 1. The third kappa shape index (κ3) is 1.65. The highest BCUT2D eigenvalue weighted by Crippen LogP contribution is 2.26. The minimum atomic E-state index is -1.00. The monoisotopic (exact) mass is 227 g/mol. The number of carbonyl (C=O) groups is 2. The Labute approximate surface area is 89.5 Å². The predicted octanol–water partition coefficient (Wildman–Crippen LogP) is 0.679. The summed E-state index contributed by atoms with van der Waals surface area (Å²) < 4.78 is 0. The molecular weight excluding hydrogens is 218 g/mol. The molecule has 1 aromatic heterocycles. The molecule has 1 saturated heterocycles. The molecule has 2 heterocycles. The number of anilines is 1. The maximum Gasteiger partial charge on any atom is 0.347 e. The van der Waals surface area contributed by atoms with Crippen molar-refractivity contribution in [2.45, 2.75) is 6.92 Å². The molecule has 0 atom stereocenters. The molecule has 2 rings (SSSR count). The van der Waals surface area contributed by atoms with Gasteiger partial charge in [0, 0.05) is 13.1 Å². The summed E-state index contributed by atoms with van der Waals surface area (Å²) in [6, 6.07) is -0.222. The Morgan fingerprint density at radius 3 is 2.87 bits per heavy atom. The van der Waals surface area contributed by atoms with Gasteiger partial charge < -0.3 is 10.4 Å². The van der Waals surface area contributed by atoms with Crippen LogP contribution in [0.4, 0.5) is 9.93 Å². The van der Waals surface area contributed by atoms with E-state index in [9.17, 15) is 9.59 Å². The fourth-order valence-electron chi connectivity index (χ4n) is 1.35. The van der Waals surface area contributed by atoms with E-state index in [1.165, 1.54) is 4.90 Å². The molecule has 0 aromatic carbocycles. The predicted molar refractivity (Wildman–Crippen MR) is 54.6 cm³/mol. The average Bonchev–Trinajstić information content (AvgIpc) is 2.71. The van der Waals surface area contributed by atoms with Crippen molar-refractivity contribution in [2.24, 2.45) is 0 Å². The molecule has 15 heavy (non-hydrogen) atoms. The number of rotatable bonds is 2. The van der Waals surface area contributed by atoms with Gasteiger partial charge in [-0.2, -0.15) is 0 Å². The molecule has 80 valence electrons. The van der Waals surface area contributed by atoms with Crippen LogP contribution in [0.1, 0.15) is 15.4 Å². The van der Waals surface area contributed by atoms with Crippen LogP contribution in [-0.2, 0) is 0 Å². The number of amides is 2. The average molecular weight is 227 g/mol. The highest BCUT2D eigenvalue weighted by molar-refractivity contribution is 7.17. The third-order valence-corrected chi connectivity index (χ3v) is 3.24. The van der Waals surface area contributed by atoms with Crippen LogP contribution in [0.15, 0.2) is 0 Å². The number of carboxylic acid groups (broad SMARTS) is 1. The summed E-state index contributed by atoms with van der Waals surface area (Å²) >= 11 is 1.02. The zero-order chi connectivity index (χ0) is 11.0. The quantitative estimate of drug-likeness (QED) is 0.778. The molecule has 0 aliphatic carbocycles. The molecule has 7 heteroatoms. The smallest absolute Gasteiger partial charge is 0.347 e. The van der Waals surface area contributed by atoms with Crippen LogP contribution < -0.4 is 10.2 Å². The van der Waals surface area contributed by atoms with Crippen molar-refractivity contribution < 1.29 is 14.7 Å². The van der Waals surface area contributed by atoms with Crippen molar-refractivity contribution in [3.05, 3.63) is 10.6 Å². The summed E-state index contributed by atoms with van der Waals surface area (Å²) in [5, 5.41) is 11.9. The number of carboxylic acids is 1. The summed E-state index contributed by atoms with van der Waals surface area (Å²) in [7, 11) is 0. The summed E-state index contributed by atoms with van der Waals surface area (Å²) in [4.78, 5) is 27.8. The van der Waals surface area contributed by atoms with E-state index < -0.39 is 5.97 Å². The molecule has 0 bridgehead atoms. The van der Waals surface area contributed by atoms with Crippen LogP contribution >= 0.6 is 11.3 Å². The van der Waals surface area contributed by atoms with Gasteiger partial charge in [0.25, 0.3) is 0 Å². The van der Waals surface area contributed by atoms with Crippen molar-refractivity contribution in [3.63, 3.8) is 0 Å². The number of carbonyl (C=O) groups excluding carboxylic acids is 1. The van der Waals surface area contributed by atoms with Crippen molar-refractivity contribution >= 4 is 28.5 Å². The van der Waals surface area contributed by atoms with Crippen LogP contribution in [0.5, 0.6) is 0 Å². The Bertz CT molecular complexity index is 429. The molecule has 2 amide bonds. The number of nitrogens with one attached hydrogen (secondary N) is 1. The molecule has 1 fully saturated rings. The van der Waals surface area contributed by atoms with Gasteiger partial charge in [-0.05, 0) is 6.92 Å². The Morgan fingerprint density at radius 2 is 2.40 bits per heavy atom. The van der Waals surface area contributed by atoms with E-state index in [1.54, 1.807) is 6.92 Å². The van der Waals surface area contributed by atoms with E-state index in [-0.39, 0.29) is 10.9 Å². The van der Waals surface area contributed by atoms with Crippen LogP contribution in [-0.4, -0.2) is 35.2 Å². The van der Waals surface area contributed by atoms with Crippen molar-refractivity contribution in [3.8, 4) is 0 Å². The second-order valence-corrected chi connectivity index (χ2v) is 4.08. The fourth-order valence-corrected chi connectivity index (χ4v) is 2.28. The normalized spacial score (nSPS) is 15.5. The van der Waals surface area contributed by atoms with Gasteiger partial charge in [-0.15, -0.1) is 0 Å². The second kappa shape index (κ2) is 3.50. The van der Waals surface area contributed by atoms with Gasteiger partial charge in [0.15, 0.2) is 5.13 Å². The molecular formula is C8H9N3O3S. The molecule has 0 saturated carbocycles. The zero-order valence-electron chi connectivity index (χ0n) is 7.98. The summed E-state index contributed by atoms with van der Waals surface area (Å²) in [5.41, 5.74) is 0.446. The number of nitrogens with zero attached hydrogens (tertiary/aromatic N) is 2. The molecule has 0 spiro atoms. The molecule has 0 unspecified atom stereocenters. The lowest BCUT2D eigenvalue weighted by molar-refractivity contribution is 0.0701. The highest BCUT2D eigenvalue weighted by atomic mass is 32.1. The first-order chi connectivity index (χ1) is 7.09. The number of thiazole rings is 1. The van der Waals surface area contributed by atoms with Gasteiger partial charge in [-0.25, -0.2) is 14.6 Å². The number of aromatic nitrogens is 1. The lowest BCUT2D eigenvalue weighted by atomic mass is 10.4. The topological polar surface area (TPSA) is 82.5 Å². The van der Waals surface area contributed by atoms with Gasteiger partial charge in [0.05, 0.1) is 5.69 Å². The van der Waals surface area contributed by atoms with Gasteiger partial charge in [-0.3, -0.25) is 4.90 Å². The first kappa shape index (κ1) is 9.91. The van der Waals surface area contributed by atoms with E-state index in [1.807, 2.05) is 0 Å². The SMILES string of the molecule is Cc1nc(N2CCNC2=O)sc1C(=O)O. The maximum atomic E-state index is 11.3. The summed E-state index contributed by atoms with van der Waals surface area (Å²) in [6.07, 6.45) is 0. The zero-order valence-corrected chi connectivity index (χ0v) is 8.80. The first-order valence-electron chi connectivity index (χ1n) is 4.35. The van der Waals surface area contributed by atoms with Gasteiger partial charge in [0.2, 0.25) is 0 Å². The summed E-state index contributed by atoms with van der Waals surface area (Å²) in [6.45, 7) is 2.72. The van der Waals surface area contributed by atoms with E-state index in [0.717, 1.165) is 11.3 Å². The Morgan fingerprint density at radius 1 is 1.67 bits per heavy atom. The highest BCUT2D eigenvalue weighted by Gasteiger charge is 2.26. The number of hydrogen-bond donors (Lipinski definition) is 2. The number of urea groups is 1. The molecule has 6 nitrogen and oxygen atoms in total. The Hall–Kier alpha value is -1.63. The maximum absolute atomic E-state index is 11.3. The van der Waals surface area contributed by atoms with Gasteiger partial charge >= 0.3 is 12.0 Å².